The summed E-state index contributed by atoms with van der Waals surface area (Å²) in [6.45, 7) is 0.519. The Kier molecular flexibility index (Phi) is 4.15. The van der Waals surface area contributed by atoms with Crippen molar-refractivity contribution >= 4 is 28.3 Å². The van der Waals surface area contributed by atoms with Crippen LogP contribution in [0, 0.1) is 5.82 Å². The monoisotopic (exact) mass is 385 g/mol. The van der Waals surface area contributed by atoms with Crippen molar-refractivity contribution in [2.24, 2.45) is 11.5 Å². The summed E-state index contributed by atoms with van der Waals surface area (Å²) in [5.41, 5.74) is 14.7. The van der Waals surface area contributed by atoms with Gasteiger partial charge < -0.3 is 11.5 Å². The number of carbonyl (C=O) groups is 2. The number of nitrogens with two attached hydrogens (primary N) is 2. The summed E-state index contributed by atoms with van der Waals surface area (Å²) in [4.78, 5) is 24.0. The van der Waals surface area contributed by atoms with Crippen molar-refractivity contribution in [1.29, 1.82) is 0 Å². The predicted octanol–water partition coefficient (Wildman–Crippen LogP) is 2.49. The molecule has 0 atom stereocenters. The quantitative estimate of drug-likeness (QED) is 0.640. The highest BCUT2D eigenvalue weighted by atomic mass is 32.1. The molecule has 1 aromatic carbocycles. The van der Waals surface area contributed by atoms with E-state index in [2.05, 4.69) is 10.4 Å². The van der Waals surface area contributed by atoms with E-state index in [-0.39, 0.29) is 5.82 Å². The van der Waals surface area contributed by atoms with Crippen LogP contribution in [0.25, 0.3) is 10.4 Å². The summed E-state index contributed by atoms with van der Waals surface area (Å²) in [6.07, 6.45) is 3.02. The molecule has 3 aromatic rings. The summed E-state index contributed by atoms with van der Waals surface area (Å²) in [6, 6.07) is 5.54. The highest BCUT2D eigenvalue weighted by Crippen LogP contribution is 2.45. The smallest absolute Gasteiger partial charge is 0.317 e. The number of benzene rings is 1. The van der Waals surface area contributed by atoms with Gasteiger partial charge in [-0.1, -0.05) is 12.1 Å². The number of urea groups is 1. The fraction of sp³-hybridized carbons (Fsp3) is 0.167. The van der Waals surface area contributed by atoms with Crippen LogP contribution in [-0.4, -0.2) is 21.7 Å². The maximum Gasteiger partial charge on any atom is 0.317 e. The normalized spacial score (nSPS) is 12.3. The molecule has 2 aromatic heterocycles. The van der Waals surface area contributed by atoms with Crippen LogP contribution in [0.4, 0.5) is 14.2 Å². The van der Waals surface area contributed by atoms with Gasteiger partial charge in [0.1, 0.15) is 10.8 Å². The maximum atomic E-state index is 13.1. The van der Waals surface area contributed by atoms with Crippen LogP contribution in [0.1, 0.15) is 27.2 Å². The molecule has 7 nitrogen and oxygen atoms in total. The first-order valence-electron chi connectivity index (χ1n) is 8.25. The van der Waals surface area contributed by atoms with E-state index >= 15 is 0 Å². The summed E-state index contributed by atoms with van der Waals surface area (Å²) in [5.74, 6) is -0.878. The number of nitrogens with one attached hydrogen (secondary N) is 1. The average Bonchev–Trinajstić information content (AvgIpc) is 3.17. The minimum absolute atomic E-state index is 0.280. The van der Waals surface area contributed by atoms with Crippen LogP contribution in [0.15, 0.2) is 30.5 Å². The largest absolute Gasteiger partial charge is 0.365 e. The summed E-state index contributed by atoms with van der Waals surface area (Å²) >= 11 is 1.27. The Labute approximate surface area is 157 Å². The molecule has 138 valence electrons. The van der Waals surface area contributed by atoms with Gasteiger partial charge in [-0.2, -0.15) is 5.10 Å². The Bertz CT molecular complexity index is 1050. The lowest BCUT2D eigenvalue weighted by molar-refractivity contribution is 0.100. The number of aromatic nitrogens is 2. The topological polar surface area (TPSA) is 116 Å². The summed E-state index contributed by atoms with van der Waals surface area (Å²) < 4.78 is 15.0. The van der Waals surface area contributed by atoms with Crippen molar-refractivity contribution in [3.05, 3.63) is 58.7 Å². The number of rotatable bonds is 4. The van der Waals surface area contributed by atoms with Crippen molar-refractivity contribution in [2.75, 3.05) is 5.32 Å². The fourth-order valence-corrected chi connectivity index (χ4v) is 4.68. The van der Waals surface area contributed by atoms with Crippen LogP contribution in [0.3, 0.4) is 0 Å². The number of carbonyl (C=O) groups excluding carboxylic acids is 2. The highest BCUT2D eigenvalue weighted by molar-refractivity contribution is 7.20. The molecule has 2 heterocycles. The van der Waals surface area contributed by atoms with E-state index in [1.807, 2.05) is 4.68 Å². The van der Waals surface area contributed by atoms with Crippen LogP contribution in [-0.2, 0) is 19.4 Å². The van der Waals surface area contributed by atoms with Crippen LogP contribution >= 0.6 is 11.3 Å². The lowest BCUT2D eigenvalue weighted by Crippen LogP contribution is -2.22. The van der Waals surface area contributed by atoms with E-state index in [1.165, 1.54) is 23.5 Å². The number of halogens is 1. The van der Waals surface area contributed by atoms with E-state index in [1.54, 1.807) is 18.3 Å². The van der Waals surface area contributed by atoms with Gasteiger partial charge in [-0.25, -0.2) is 9.18 Å². The molecule has 0 bridgehead atoms. The molecule has 0 unspecified atom stereocenters. The summed E-state index contributed by atoms with van der Waals surface area (Å²) in [7, 11) is 0. The Morgan fingerprint density at radius 1 is 1.22 bits per heavy atom. The van der Waals surface area contributed by atoms with Gasteiger partial charge in [-0.3, -0.25) is 14.8 Å². The number of thiophene rings is 1. The minimum Gasteiger partial charge on any atom is -0.365 e. The zero-order valence-electron chi connectivity index (χ0n) is 14.2. The molecule has 0 spiro atoms. The van der Waals surface area contributed by atoms with Gasteiger partial charge >= 0.3 is 6.03 Å². The van der Waals surface area contributed by atoms with E-state index in [0.717, 1.165) is 27.3 Å². The Morgan fingerprint density at radius 2 is 1.96 bits per heavy atom. The molecule has 1 aliphatic carbocycles. The van der Waals surface area contributed by atoms with Gasteiger partial charge in [0, 0.05) is 16.1 Å². The first-order valence-corrected chi connectivity index (χ1v) is 9.07. The zero-order valence-corrected chi connectivity index (χ0v) is 15.0. The SMILES string of the molecule is NC(=O)Nc1sc2c(c1C(N)=O)CCc1c-2cnn1Cc1ccc(F)cc1. The third kappa shape index (κ3) is 3.06. The number of amides is 3. The van der Waals surface area contributed by atoms with Crippen molar-refractivity contribution in [3.63, 3.8) is 0 Å². The molecular formula is C18H16FN5O2S. The second kappa shape index (κ2) is 6.51. The molecule has 27 heavy (non-hydrogen) atoms. The first-order chi connectivity index (χ1) is 12.9. The van der Waals surface area contributed by atoms with Gasteiger partial charge in [-0.15, -0.1) is 11.3 Å². The zero-order chi connectivity index (χ0) is 19.1. The molecule has 0 fully saturated rings. The van der Waals surface area contributed by atoms with E-state index in [9.17, 15) is 14.0 Å². The predicted molar refractivity (Wildman–Crippen MR) is 100 cm³/mol. The minimum atomic E-state index is -0.747. The van der Waals surface area contributed by atoms with Crippen LogP contribution in [0.2, 0.25) is 0 Å². The Balaban J connectivity index is 1.74. The molecule has 9 heteroatoms. The third-order valence-corrected chi connectivity index (χ3v) is 5.72. The van der Waals surface area contributed by atoms with Crippen LogP contribution in [0.5, 0.6) is 0 Å². The molecule has 3 amide bonds. The first kappa shape index (κ1) is 17.2. The number of hydrogen-bond donors (Lipinski definition) is 3. The van der Waals surface area contributed by atoms with E-state index in [4.69, 9.17) is 11.5 Å². The number of hydrogen-bond acceptors (Lipinski definition) is 4. The molecular weight excluding hydrogens is 369 g/mol. The summed E-state index contributed by atoms with van der Waals surface area (Å²) in [5, 5.41) is 7.31. The van der Waals surface area contributed by atoms with Crippen molar-refractivity contribution in [1.82, 2.24) is 9.78 Å². The lowest BCUT2D eigenvalue weighted by atomic mass is 9.93. The second-order valence-corrected chi connectivity index (χ2v) is 7.28. The van der Waals surface area contributed by atoms with Crippen molar-refractivity contribution in [3.8, 4) is 10.4 Å². The fourth-order valence-electron chi connectivity index (χ4n) is 3.39. The number of fused-ring (bicyclic) bond motifs is 3. The lowest BCUT2D eigenvalue weighted by Gasteiger charge is -2.15. The third-order valence-electron chi connectivity index (χ3n) is 4.54. The Morgan fingerprint density at radius 3 is 2.63 bits per heavy atom. The van der Waals surface area contributed by atoms with Gasteiger partial charge in [0.25, 0.3) is 5.91 Å². The molecule has 0 saturated heterocycles. The van der Waals surface area contributed by atoms with Gasteiger partial charge in [0.2, 0.25) is 0 Å². The van der Waals surface area contributed by atoms with Gasteiger partial charge in [0.05, 0.1) is 18.3 Å². The second-order valence-electron chi connectivity index (χ2n) is 6.26. The van der Waals surface area contributed by atoms with Crippen molar-refractivity contribution < 1.29 is 14.0 Å². The molecule has 0 saturated carbocycles. The standard InChI is InChI=1S/C18H16FN5O2S/c19-10-3-1-9(2-4-10)8-24-13-6-5-11-14(16(20)25)17(23-18(21)26)27-15(11)12(13)7-22-24/h1-4,7H,5-6,8H2,(H2,20,25)(H3,21,23,26). The van der Waals surface area contributed by atoms with Gasteiger partial charge in [-0.05, 0) is 36.1 Å². The average molecular weight is 385 g/mol. The van der Waals surface area contributed by atoms with Crippen LogP contribution < -0.4 is 16.8 Å². The van der Waals surface area contributed by atoms with E-state index in [0.29, 0.717) is 30.0 Å². The highest BCUT2D eigenvalue weighted by Gasteiger charge is 2.29. The van der Waals surface area contributed by atoms with Gasteiger partial charge in [0.15, 0.2) is 0 Å². The number of nitrogens with zero attached hydrogens (tertiary/aromatic N) is 2. The molecule has 0 radical (unpaired) electrons. The number of primary amides is 2. The molecule has 5 N–H and O–H groups in total. The van der Waals surface area contributed by atoms with E-state index < -0.39 is 11.9 Å². The molecule has 4 rings (SSSR count). The van der Waals surface area contributed by atoms with Crippen molar-refractivity contribution in [2.45, 2.75) is 19.4 Å². The Hall–Kier alpha value is -3.20. The molecule has 1 aliphatic rings. The number of anilines is 1. The molecule has 0 aliphatic heterocycles. The maximum absolute atomic E-state index is 13.1.